The molecule has 0 aliphatic carbocycles. The summed E-state index contributed by atoms with van der Waals surface area (Å²) in [5.41, 5.74) is 0.672. The maximum atomic E-state index is 12.0. The molecule has 1 aromatic heterocycles. The lowest BCUT2D eigenvalue weighted by molar-refractivity contribution is -0.117. The van der Waals surface area contributed by atoms with E-state index in [9.17, 15) is 4.79 Å². The van der Waals surface area contributed by atoms with Gasteiger partial charge >= 0.3 is 0 Å². The number of pyridine rings is 1. The SMILES string of the molecule is COc1ccc(N2N=C(Oc3cccnc3)CC2=O)cc1. The van der Waals surface area contributed by atoms with Crippen LogP contribution in [-0.2, 0) is 4.79 Å². The molecule has 1 aliphatic rings. The molecular formula is C15H13N3O3. The van der Waals surface area contributed by atoms with Crippen LogP contribution in [-0.4, -0.2) is 23.9 Å². The van der Waals surface area contributed by atoms with Gasteiger partial charge in [-0.15, -0.1) is 5.10 Å². The largest absolute Gasteiger partial charge is 0.497 e. The molecule has 0 fully saturated rings. The number of nitrogens with zero attached hydrogens (tertiary/aromatic N) is 3. The Kier molecular flexibility index (Phi) is 3.51. The van der Waals surface area contributed by atoms with Gasteiger partial charge in [-0.3, -0.25) is 9.78 Å². The minimum atomic E-state index is -0.140. The zero-order valence-corrected chi connectivity index (χ0v) is 11.4. The lowest BCUT2D eigenvalue weighted by Crippen LogP contribution is -2.19. The number of aromatic nitrogens is 1. The lowest BCUT2D eigenvalue weighted by atomic mass is 10.3. The summed E-state index contributed by atoms with van der Waals surface area (Å²) in [6.07, 6.45) is 3.35. The Balaban J connectivity index is 1.78. The first-order chi connectivity index (χ1) is 10.3. The quantitative estimate of drug-likeness (QED) is 0.866. The number of ether oxygens (including phenoxy) is 2. The van der Waals surface area contributed by atoms with Crippen LogP contribution in [0.15, 0.2) is 53.9 Å². The van der Waals surface area contributed by atoms with Crippen molar-refractivity contribution in [1.29, 1.82) is 0 Å². The summed E-state index contributed by atoms with van der Waals surface area (Å²) in [5, 5.41) is 5.52. The normalized spacial score (nSPS) is 14.0. The van der Waals surface area contributed by atoms with Gasteiger partial charge in [-0.2, -0.15) is 5.01 Å². The van der Waals surface area contributed by atoms with Crippen molar-refractivity contribution in [3.63, 3.8) is 0 Å². The molecule has 6 nitrogen and oxygen atoms in total. The van der Waals surface area contributed by atoms with Crippen LogP contribution in [0.1, 0.15) is 6.42 Å². The molecule has 21 heavy (non-hydrogen) atoms. The molecule has 0 atom stereocenters. The second-order valence-corrected chi connectivity index (χ2v) is 4.36. The highest BCUT2D eigenvalue weighted by Crippen LogP contribution is 2.24. The Morgan fingerprint density at radius 2 is 1.95 bits per heavy atom. The van der Waals surface area contributed by atoms with Crippen molar-refractivity contribution >= 4 is 17.5 Å². The van der Waals surface area contributed by atoms with Gasteiger partial charge in [0.25, 0.3) is 5.91 Å². The second kappa shape index (κ2) is 5.62. The predicted molar refractivity (Wildman–Crippen MR) is 77.4 cm³/mol. The molecule has 1 amide bonds. The van der Waals surface area contributed by atoms with E-state index in [-0.39, 0.29) is 12.3 Å². The average Bonchev–Trinajstić information content (AvgIpc) is 2.89. The zero-order chi connectivity index (χ0) is 14.7. The van der Waals surface area contributed by atoms with Crippen molar-refractivity contribution in [3.8, 4) is 11.5 Å². The van der Waals surface area contributed by atoms with Gasteiger partial charge in [0.1, 0.15) is 17.9 Å². The molecule has 2 heterocycles. The van der Waals surface area contributed by atoms with Gasteiger partial charge in [0.2, 0.25) is 5.90 Å². The van der Waals surface area contributed by atoms with Crippen LogP contribution < -0.4 is 14.5 Å². The summed E-state index contributed by atoms with van der Waals surface area (Å²) >= 11 is 0. The van der Waals surface area contributed by atoms with Crippen molar-refractivity contribution in [3.05, 3.63) is 48.8 Å². The number of benzene rings is 1. The first-order valence-corrected chi connectivity index (χ1v) is 6.38. The predicted octanol–water partition coefficient (Wildman–Crippen LogP) is 2.22. The highest BCUT2D eigenvalue weighted by molar-refractivity contribution is 6.10. The van der Waals surface area contributed by atoms with E-state index in [1.165, 1.54) is 5.01 Å². The molecule has 0 saturated carbocycles. The van der Waals surface area contributed by atoms with Crippen LogP contribution in [0.2, 0.25) is 0 Å². The van der Waals surface area contributed by atoms with E-state index < -0.39 is 0 Å². The minimum absolute atomic E-state index is 0.126. The summed E-state index contributed by atoms with van der Waals surface area (Å²) in [5.74, 6) is 1.49. The standard InChI is InChI=1S/C15H13N3O3/c1-20-12-6-4-11(5-7-12)18-15(19)9-14(17-18)21-13-3-2-8-16-10-13/h2-8,10H,9H2,1H3. The Bertz CT molecular complexity index is 668. The fourth-order valence-electron chi connectivity index (χ4n) is 1.93. The smallest absolute Gasteiger partial charge is 0.256 e. The lowest BCUT2D eigenvalue weighted by Gasteiger charge is -2.11. The zero-order valence-electron chi connectivity index (χ0n) is 11.4. The molecule has 3 rings (SSSR count). The maximum Gasteiger partial charge on any atom is 0.256 e. The number of methoxy groups -OCH3 is 1. The monoisotopic (exact) mass is 283 g/mol. The highest BCUT2D eigenvalue weighted by Gasteiger charge is 2.26. The van der Waals surface area contributed by atoms with Crippen molar-refractivity contribution in [2.45, 2.75) is 6.42 Å². The van der Waals surface area contributed by atoms with E-state index in [2.05, 4.69) is 10.1 Å². The van der Waals surface area contributed by atoms with Crippen LogP contribution >= 0.6 is 0 Å². The van der Waals surface area contributed by atoms with Gasteiger partial charge < -0.3 is 9.47 Å². The summed E-state index contributed by atoms with van der Waals surface area (Å²) < 4.78 is 10.6. The Hall–Kier alpha value is -2.89. The Morgan fingerprint density at radius 1 is 1.14 bits per heavy atom. The van der Waals surface area contributed by atoms with Gasteiger partial charge in [-0.05, 0) is 36.4 Å². The molecule has 0 bridgehead atoms. The number of hydrogen-bond donors (Lipinski definition) is 0. The first-order valence-electron chi connectivity index (χ1n) is 6.38. The van der Waals surface area contributed by atoms with Gasteiger partial charge in [0.15, 0.2) is 0 Å². The van der Waals surface area contributed by atoms with Crippen molar-refractivity contribution in [2.24, 2.45) is 5.10 Å². The van der Waals surface area contributed by atoms with Crippen molar-refractivity contribution in [2.75, 3.05) is 12.1 Å². The number of hydrazone groups is 1. The summed E-state index contributed by atoms with van der Waals surface area (Å²) in [4.78, 5) is 16.0. The number of anilines is 1. The Morgan fingerprint density at radius 3 is 2.62 bits per heavy atom. The van der Waals surface area contributed by atoms with E-state index in [0.717, 1.165) is 5.75 Å². The van der Waals surface area contributed by atoms with Crippen LogP contribution in [0.4, 0.5) is 5.69 Å². The van der Waals surface area contributed by atoms with Crippen molar-refractivity contribution in [1.82, 2.24) is 4.98 Å². The summed E-state index contributed by atoms with van der Waals surface area (Å²) in [7, 11) is 1.59. The fourth-order valence-corrected chi connectivity index (χ4v) is 1.93. The third-order valence-electron chi connectivity index (χ3n) is 2.94. The highest BCUT2D eigenvalue weighted by atomic mass is 16.5. The summed E-state index contributed by atoms with van der Waals surface area (Å²) in [6, 6.07) is 10.6. The average molecular weight is 283 g/mol. The summed E-state index contributed by atoms with van der Waals surface area (Å²) in [6.45, 7) is 0. The van der Waals surface area contributed by atoms with E-state index in [1.54, 1.807) is 55.9 Å². The number of carbonyl (C=O) groups excluding carboxylic acids is 1. The van der Waals surface area contributed by atoms with Gasteiger partial charge in [-0.1, -0.05) is 0 Å². The van der Waals surface area contributed by atoms with Crippen LogP contribution in [0.5, 0.6) is 11.5 Å². The third-order valence-corrected chi connectivity index (χ3v) is 2.94. The molecule has 0 spiro atoms. The second-order valence-electron chi connectivity index (χ2n) is 4.36. The number of rotatable bonds is 3. The maximum absolute atomic E-state index is 12.0. The number of hydrogen-bond acceptors (Lipinski definition) is 5. The van der Waals surface area contributed by atoms with Crippen LogP contribution in [0.25, 0.3) is 0 Å². The van der Waals surface area contributed by atoms with Gasteiger partial charge in [0, 0.05) is 6.20 Å². The molecule has 0 radical (unpaired) electrons. The number of amides is 1. The Labute approximate surface area is 121 Å². The molecule has 2 aromatic rings. The molecule has 1 aromatic carbocycles. The molecule has 6 heteroatoms. The molecule has 106 valence electrons. The van der Waals surface area contributed by atoms with Crippen LogP contribution in [0.3, 0.4) is 0 Å². The van der Waals surface area contributed by atoms with E-state index in [0.29, 0.717) is 17.3 Å². The number of carbonyl (C=O) groups is 1. The first kappa shape index (κ1) is 13.1. The van der Waals surface area contributed by atoms with Gasteiger partial charge in [0.05, 0.1) is 19.0 Å². The molecular weight excluding hydrogens is 270 g/mol. The van der Waals surface area contributed by atoms with E-state index >= 15 is 0 Å². The van der Waals surface area contributed by atoms with E-state index in [1.807, 2.05) is 0 Å². The van der Waals surface area contributed by atoms with Crippen molar-refractivity contribution < 1.29 is 14.3 Å². The van der Waals surface area contributed by atoms with Crippen LogP contribution in [0, 0.1) is 0 Å². The van der Waals surface area contributed by atoms with E-state index in [4.69, 9.17) is 9.47 Å². The topological polar surface area (TPSA) is 64.0 Å². The molecule has 1 aliphatic heterocycles. The molecule has 0 saturated heterocycles. The molecule has 0 N–H and O–H groups in total. The van der Waals surface area contributed by atoms with Gasteiger partial charge in [-0.25, -0.2) is 0 Å². The molecule has 0 unspecified atom stereocenters. The minimum Gasteiger partial charge on any atom is -0.497 e. The fraction of sp³-hybridized carbons (Fsp3) is 0.133. The third kappa shape index (κ3) is 2.84.